The Hall–Kier alpha value is -1.95. The van der Waals surface area contributed by atoms with Crippen molar-refractivity contribution in [3.63, 3.8) is 0 Å². The summed E-state index contributed by atoms with van der Waals surface area (Å²) in [6, 6.07) is 4.03. The molecule has 0 aliphatic heterocycles. The van der Waals surface area contributed by atoms with Crippen molar-refractivity contribution in [2.45, 2.75) is 19.9 Å². The van der Waals surface area contributed by atoms with Crippen LogP contribution in [0.25, 0.3) is 10.1 Å². The van der Waals surface area contributed by atoms with E-state index in [4.69, 9.17) is 16.2 Å². The normalized spacial score (nSPS) is 10.9. The number of ether oxygens (including phenoxy) is 1. The maximum Gasteiger partial charge on any atom is 0.260 e. The first kappa shape index (κ1) is 13.5. The van der Waals surface area contributed by atoms with E-state index in [0.717, 1.165) is 15.8 Å². The molecule has 19 heavy (non-hydrogen) atoms. The van der Waals surface area contributed by atoms with Gasteiger partial charge in [-0.15, -0.1) is 11.3 Å². The molecule has 0 fully saturated rings. The topological polar surface area (TPSA) is 90.4 Å². The smallest absolute Gasteiger partial charge is 0.260 e. The Balaban J connectivity index is 2.75. The Morgan fingerprint density at radius 2 is 2.11 bits per heavy atom. The van der Waals surface area contributed by atoms with Crippen LogP contribution in [0.3, 0.4) is 0 Å². The predicted octanol–water partition coefficient (Wildman–Crippen LogP) is 2.41. The summed E-state index contributed by atoms with van der Waals surface area (Å²) in [6.45, 7) is 4.09. The zero-order valence-corrected chi connectivity index (χ0v) is 11.9. The second-order valence-electron chi connectivity index (χ2n) is 4.53. The SMILES string of the molecule is COc1ccc(NC(C)C)c2sc(C(N)=O)c(N)c12. The number of anilines is 2. The van der Waals surface area contributed by atoms with E-state index in [9.17, 15) is 4.79 Å². The third-order valence-electron chi connectivity index (χ3n) is 2.73. The van der Waals surface area contributed by atoms with Gasteiger partial charge in [-0.2, -0.15) is 0 Å². The van der Waals surface area contributed by atoms with E-state index < -0.39 is 5.91 Å². The van der Waals surface area contributed by atoms with Gasteiger partial charge < -0.3 is 21.5 Å². The fourth-order valence-electron chi connectivity index (χ4n) is 1.97. The second kappa shape index (κ2) is 4.97. The fraction of sp³-hybridized carbons (Fsp3) is 0.308. The average Bonchev–Trinajstić information content (AvgIpc) is 2.68. The van der Waals surface area contributed by atoms with Gasteiger partial charge in [-0.1, -0.05) is 0 Å². The van der Waals surface area contributed by atoms with E-state index in [2.05, 4.69) is 5.32 Å². The Morgan fingerprint density at radius 1 is 1.42 bits per heavy atom. The molecular formula is C13H17N3O2S. The van der Waals surface area contributed by atoms with Crippen LogP contribution in [0.2, 0.25) is 0 Å². The first-order valence-corrected chi connectivity index (χ1v) is 6.72. The van der Waals surface area contributed by atoms with E-state index in [1.807, 2.05) is 26.0 Å². The molecule has 0 atom stereocenters. The maximum absolute atomic E-state index is 11.4. The Bertz CT molecular complexity index is 634. The van der Waals surface area contributed by atoms with Gasteiger partial charge in [0.05, 0.1) is 28.6 Å². The quantitative estimate of drug-likeness (QED) is 0.801. The van der Waals surface area contributed by atoms with Gasteiger partial charge >= 0.3 is 0 Å². The summed E-state index contributed by atoms with van der Waals surface area (Å²) in [5.41, 5.74) is 12.7. The van der Waals surface area contributed by atoms with Gasteiger partial charge in [0.15, 0.2) is 0 Å². The highest BCUT2D eigenvalue weighted by Gasteiger charge is 2.19. The molecular weight excluding hydrogens is 262 g/mol. The summed E-state index contributed by atoms with van der Waals surface area (Å²) in [4.78, 5) is 11.8. The average molecular weight is 279 g/mol. The Morgan fingerprint density at radius 3 is 2.63 bits per heavy atom. The van der Waals surface area contributed by atoms with Crippen molar-refractivity contribution in [2.24, 2.45) is 5.73 Å². The number of methoxy groups -OCH3 is 1. The van der Waals surface area contributed by atoms with Crippen LogP contribution in [-0.4, -0.2) is 19.1 Å². The van der Waals surface area contributed by atoms with Crippen molar-refractivity contribution in [1.82, 2.24) is 0 Å². The zero-order valence-electron chi connectivity index (χ0n) is 11.1. The number of benzene rings is 1. The van der Waals surface area contributed by atoms with Crippen molar-refractivity contribution in [1.29, 1.82) is 0 Å². The third kappa shape index (κ3) is 2.31. The number of carbonyl (C=O) groups excluding carboxylic acids is 1. The number of fused-ring (bicyclic) bond motifs is 1. The molecule has 1 heterocycles. The van der Waals surface area contributed by atoms with Gasteiger partial charge in [0.2, 0.25) is 0 Å². The Kier molecular flexibility index (Phi) is 3.53. The van der Waals surface area contributed by atoms with Crippen LogP contribution < -0.4 is 21.5 Å². The standard InChI is InChI=1S/C13H17N3O2S/c1-6(2)16-7-4-5-8(18-3)9-10(14)12(13(15)17)19-11(7)9/h4-6,16H,14H2,1-3H3,(H2,15,17). The van der Waals surface area contributed by atoms with Gasteiger partial charge in [0.25, 0.3) is 5.91 Å². The van der Waals surface area contributed by atoms with Crippen LogP contribution in [0, 0.1) is 0 Å². The molecule has 1 aromatic carbocycles. The minimum atomic E-state index is -0.517. The zero-order chi connectivity index (χ0) is 14.2. The number of hydrogen-bond acceptors (Lipinski definition) is 5. The van der Waals surface area contributed by atoms with Crippen molar-refractivity contribution in [3.05, 3.63) is 17.0 Å². The lowest BCUT2D eigenvalue weighted by Crippen LogP contribution is -2.10. The largest absolute Gasteiger partial charge is 0.496 e. The van der Waals surface area contributed by atoms with Crippen LogP contribution >= 0.6 is 11.3 Å². The summed E-state index contributed by atoms with van der Waals surface area (Å²) in [5, 5.41) is 4.07. The minimum Gasteiger partial charge on any atom is -0.496 e. The van der Waals surface area contributed by atoms with Gasteiger partial charge in [-0.3, -0.25) is 4.79 Å². The molecule has 5 nitrogen and oxygen atoms in total. The lowest BCUT2D eigenvalue weighted by molar-refractivity contribution is 0.100. The maximum atomic E-state index is 11.4. The Labute approximate surface area is 115 Å². The first-order valence-electron chi connectivity index (χ1n) is 5.91. The number of primary amides is 1. The van der Waals surface area contributed by atoms with Crippen molar-refractivity contribution in [3.8, 4) is 5.75 Å². The van der Waals surface area contributed by atoms with Crippen LogP contribution in [0.15, 0.2) is 12.1 Å². The molecule has 0 aliphatic rings. The number of nitrogens with two attached hydrogens (primary N) is 2. The van der Waals surface area contributed by atoms with Crippen LogP contribution in [0.5, 0.6) is 5.75 Å². The van der Waals surface area contributed by atoms with Crippen LogP contribution in [-0.2, 0) is 0 Å². The van der Waals surface area contributed by atoms with E-state index >= 15 is 0 Å². The first-order chi connectivity index (χ1) is 8.95. The molecule has 0 aliphatic carbocycles. The lowest BCUT2D eigenvalue weighted by Gasteiger charge is -2.12. The van der Waals surface area contributed by atoms with Crippen molar-refractivity contribution < 1.29 is 9.53 Å². The minimum absolute atomic E-state index is 0.275. The molecule has 5 N–H and O–H groups in total. The molecule has 0 spiro atoms. The lowest BCUT2D eigenvalue weighted by atomic mass is 10.1. The van der Waals surface area contributed by atoms with Gasteiger partial charge in [-0.25, -0.2) is 0 Å². The summed E-state index contributed by atoms with van der Waals surface area (Å²) >= 11 is 1.29. The molecule has 2 aromatic rings. The molecule has 102 valence electrons. The summed E-state index contributed by atoms with van der Waals surface area (Å²) in [6.07, 6.45) is 0. The van der Waals surface area contributed by atoms with Crippen LogP contribution in [0.4, 0.5) is 11.4 Å². The number of nitrogen functional groups attached to an aromatic ring is 1. The molecule has 0 radical (unpaired) electrons. The molecule has 0 bridgehead atoms. The van der Waals surface area contributed by atoms with Crippen molar-refractivity contribution in [2.75, 3.05) is 18.2 Å². The molecule has 0 saturated carbocycles. The number of hydrogen-bond donors (Lipinski definition) is 3. The molecule has 6 heteroatoms. The van der Waals surface area contributed by atoms with Crippen LogP contribution in [0.1, 0.15) is 23.5 Å². The fourth-order valence-corrected chi connectivity index (χ4v) is 3.04. The summed E-state index contributed by atoms with van der Waals surface area (Å²) in [7, 11) is 1.57. The number of rotatable bonds is 4. The van der Waals surface area contributed by atoms with Gasteiger partial charge in [-0.05, 0) is 26.0 Å². The molecule has 1 aromatic heterocycles. The summed E-state index contributed by atoms with van der Waals surface area (Å²) < 4.78 is 6.20. The highest BCUT2D eigenvalue weighted by atomic mass is 32.1. The molecule has 0 unspecified atom stereocenters. The van der Waals surface area contributed by atoms with E-state index in [1.165, 1.54) is 11.3 Å². The van der Waals surface area contributed by atoms with E-state index in [0.29, 0.717) is 16.3 Å². The molecule has 2 rings (SSSR count). The molecule has 0 saturated heterocycles. The third-order valence-corrected chi connectivity index (χ3v) is 3.98. The van der Waals surface area contributed by atoms with Gasteiger partial charge in [0, 0.05) is 6.04 Å². The highest BCUT2D eigenvalue weighted by molar-refractivity contribution is 7.22. The second-order valence-corrected chi connectivity index (χ2v) is 5.55. The number of nitrogens with one attached hydrogen (secondary N) is 1. The number of carbonyl (C=O) groups is 1. The van der Waals surface area contributed by atoms with E-state index in [-0.39, 0.29) is 6.04 Å². The monoisotopic (exact) mass is 279 g/mol. The van der Waals surface area contributed by atoms with E-state index in [1.54, 1.807) is 7.11 Å². The number of amides is 1. The summed E-state index contributed by atoms with van der Waals surface area (Å²) in [5.74, 6) is 0.127. The molecule has 1 amide bonds. The number of thiophene rings is 1. The van der Waals surface area contributed by atoms with Gasteiger partial charge in [0.1, 0.15) is 10.6 Å². The van der Waals surface area contributed by atoms with Crippen molar-refractivity contribution >= 4 is 38.7 Å². The predicted molar refractivity (Wildman–Crippen MR) is 80.1 cm³/mol. The highest BCUT2D eigenvalue weighted by Crippen LogP contribution is 2.43.